The van der Waals surface area contributed by atoms with E-state index in [1.54, 1.807) is 0 Å². The molecule has 2 unspecified atom stereocenters. The maximum Gasteiger partial charge on any atom is 0.0217 e. The SMILES string of the molecule is CCCC(CNC(C)C)N(C)CC(C)CC. The van der Waals surface area contributed by atoms with Gasteiger partial charge >= 0.3 is 0 Å². The molecule has 0 aliphatic rings. The monoisotopic (exact) mass is 228 g/mol. The normalized spacial score (nSPS) is 15.8. The van der Waals surface area contributed by atoms with E-state index in [9.17, 15) is 0 Å². The lowest BCUT2D eigenvalue weighted by molar-refractivity contribution is 0.192. The van der Waals surface area contributed by atoms with Crippen molar-refractivity contribution in [3.05, 3.63) is 0 Å². The van der Waals surface area contributed by atoms with Crippen LogP contribution in [0.1, 0.15) is 53.9 Å². The van der Waals surface area contributed by atoms with Crippen molar-refractivity contribution in [3.63, 3.8) is 0 Å². The molecule has 2 atom stereocenters. The Bertz CT molecular complexity index is 157. The van der Waals surface area contributed by atoms with E-state index in [1.807, 2.05) is 0 Å². The fourth-order valence-corrected chi connectivity index (χ4v) is 1.95. The Hall–Kier alpha value is -0.0800. The number of nitrogens with one attached hydrogen (secondary N) is 1. The number of hydrogen-bond acceptors (Lipinski definition) is 2. The molecule has 0 aliphatic heterocycles. The molecule has 16 heavy (non-hydrogen) atoms. The number of hydrogen-bond donors (Lipinski definition) is 1. The number of likely N-dealkylation sites (N-methyl/N-ethyl adjacent to an activating group) is 1. The van der Waals surface area contributed by atoms with Crippen LogP contribution in [-0.2, 0) is 0 Å². The van der Waals surface area contributed by atoms with E-state index in [1.165, 1.54) is 25.8 Å². The van der Waals surface area contributed by atoms with Gasteiger partial charge in [-0.3, -0.25) is 0 Å². The molecule has 0 bridgehead atoms. The third-order valence-electron chi connectivity index (χ3n) is 3.30. The summed E-state index contributed by atoms with van der Waals surface area (Å²) >= 11 is 0. The van der Waals surface area contributed by atoms with Crippen molar-refractivity contribution in [2.24, 2.45) is 5.92 Å². The van der Waals surface area contributed by atoms with Crippen LogP contribution in [0.5, 0.6) is 0 Å². The first-order valence-electron chi connectivity index (χ1n) is 6.94. The van der Waals surface area contributed by atoms with Crippen molar-refractivity contribution < 1.29 is 0 Å². The Balaban J connectivity index is 4.06. The molecule has 0 aromatic heterocycles. The Morgan fingerprint density at radius 1 is 1.12 bits per heavy atom. The van der Waals surface area contributed by atoms with Crippen LogP contribution in [0.4, 0.5) is 0 Å². The summed E-state index contributed by atoms with van der Waals surface area (Å²) in [6.45, 7) is 13.7. The third-order valence-corrected chi connectivity index (χ3v) is 3.30. The number of rotatable bonds is 9. The second-order valence-electron chi connectivity index (χ2n) is 5.46. The lowest BCUT2D eigenvalue weighted by Crippen LogP contribution is -2.43. The molecule has 0 saturated carbocycles. The molecule has 0 aromatic rings. The maximum atomic E-state index is 3.56. The van der Waals surface area contributed by atoms with Crippen LogP contribution in [0.2, 0.25) is 0 Å². The van der Waals surface area contributed by atoms with Crippen LogP contribution in [0, 0.1) is 5.92 Å². The van der Waals surface area contributed by atoms with Crippen LogP contribution in [-0.4, -0.2) is 37.1 Å². The average molecular weight is 228 g/mol. The van der Waals surface area contributed by atoms with E-state index in [-0.39, 0.29) is 0 Å². The van der Waals surface area contributed by atoms with Gasteiger partial charge in [-0.05, 0) is 19.4 Å². The van der Waals surface area contributed by atoms with Gasteiger partial charge < -0.3 is 10.2 Å². The molecule has 0 aromatic carbocycles. The molecular formula is C14H32N2. The van der Waals surface area contributed by atoms with Gasteiger partial charge in [0.15, 0.2) is 0 Å². The van der Waals surface area contributed by atoms with E-state index < -0.39 is 0 Å². The highest BCUT2D eigenvalue weighted by atomic mass is 15.1. The predicted molar refractivity (Wildman–Crippen MR) is 73.9 cm³/mol. The standard InChI is InChI=1S/C14H32N2/c1-7-9-14(10-15-12(3)4)16(6)11-13(5)8-2/h12-15H,7-11H2,1-6H3. The number of nitrogens with zero attached hydrogens (tertiary/aromatic N) is 1. The van der Waals surface area contributed by atoms with Crippen LogP contribution in [0.25, 0.3) is 0 Å². The molecule has 0 fully saturated rings. The topological polar surface area (TPSA) is 15.3 Å². The van der Waals surface area contributed by atoms with E-state index in [2.05, 4.69) is 51.9 Å². The summed E-state index contributed by atoms with van der Waals surface area (Å²) in [7, 11) is 2.27. The molecule has 0 saturated heterocycles. The molecule has 2 heteroatoms. The van der Waals surface area contributed by atoms with Crippen molar-refractivity contribution in [3.8, 4) is 0 Å². The fraction of sp³-hybridized carbons (Fsp3) is 1.00. The highest BCUT2D eigenvalue weighted by Gasteiger charge is 2.15. The van der Waals surface area contributed by atoms with Crippen LogP contribution in [0.3, 0.4) is 0 Å². The minimum atomic E-state index is 0.594. The summed E-state index contributed by atoms with van der Waals surface area (Å²) in [4.78, 5) is 2.53. The van der Waals surface area contributed by atoms with Crippen molar-refractivity contribution in [1.29, 1.82) is 0 Å². The van der Waals surface area contributed by atoms with Crippen LogP contribution in [0.15, 0.2) is 0 Å². The van der Waals surface area contributed by atoms with Gasteiger partial charge in [0.2, 0.25) is 0 Å². The smallest absolute Gasteiger partial charge is 0.0217 e. The Morgan fingerprint density at radius 3 is 2.19 bits per heavy atom. The van der Waals surface area contributed by atoms with Gasteiger partial charge in [0.1, 0.15) is 0 Å². The van der Waals surface area contributed by atoms with E-state index in [0.717, 1.165) is 12.5 Å². The lowest BCUT2D eigenvalue weighted by Gasteiger charge is -2.31. The van der Waals surface area contributed by atoms with E-state index >= 15 is 0 Å². The minimum Gasteiger partial charge on any atom is -0.313 e. The highest BCUT2D eigenvalue weighted by Crippen LogP contribution is 2.09. The molecule has 0 heterocycles. The first-order chi connectivity index (χ1) is 7.51. The first kappa shape index (κ1) is 15.9. The Labute approximate surface area is 103 Å². The van der Waals surface area contributed by atoms with Crippen LogP contribution >= 0.6 is 0 Å². The highest BCUT2D eigenvalue weighted by molar-refractivity contribution is 4.73. The second kappa shape index (κ2) is 9.00. The zero-order valence-electron chi connectivity index (χ0n) is 12.2. The summed E-state index contributed by atoms with van der Waals surface area (Å²) in [6.07, 6.45) is 3.85. The molecule has 1 N–H and O–H groups in total. The van der Waals surface area contributed by atoms with Gasteiger partial charge in [-0.2, -0.15) is 0 Å². The molecule has 2 nitrogen and oxygen atoms in total. The summed E-state index contributed by atoms with van der Waals surface area (Å²) in [5.74, 6) is 0.809. The van der Waals surface area contributed by atoms with Crippen molar-refractivity contribution >= 4 is 0 Å². The molecule has 98 valence electrons. The summed E-state index contributed by atoms with van der Waals surface area (Å²) in [5.41, 5.74) is 0. The van der Waals surface area contributed by atoms with Crippen molar-refractivity contribution in [2.45, 2.75) is 66.0 Å². The van der Waals surface area contributed by atoms with Gasteiger partial charge in [-0.15, -0.1) is 0 Å². The predicted octanol–water partition coefficient (Wildman–Crippen LogP) is 3.13. The summed E-state index contributed by atoms with van der Waals surface area (Å²) in [5, 5.41) is 3.56. The first-order valence-corrected chi connectivity index (χ1v) is 6.94. The van der Waals surface area contributed by atoms with E-state index in [0.29, 0.717) is 12.1 Å². The van der Waals surface area contributed by atoms with Gasteiger partial charge in [0.25, 0.3) is 0 Å². The van der Waals surface area contributed by atoms with E-state index in [4.69, 9.17) is 0 Å². The summed E-state index contributed by atoms with van der Waals surface area (Å²) in [6, 6.07) is 1.29. The largest absolute Gasteiger partial charge is 0.313 e. The zero-order valence-corrected chi connectivity index (χ0v) is 12.2. The summed E-state index contributed by atoms with van der Waals surface area (Å²) < 4.78 is 0. The minimum absolute atomic E-state index is 0.594. The van der Waals surface area contributed by atoms with Gasteiger partial charge in [-0.25, -0.2) is 0 Å². The van der Waals surface area contributed by atoms with Crippen molar-refractivity contribution in [2.75, 3.05) is 20.1 Å². The van der Waals surface area contributed by atoms with Gasteiger partial charge in [0.05, 0.1) is 0 Å². The lowest BCUT2D eigenvalue weighted by atomic mass is 10.1. The molecular weight excluding hydrogens is 196 g/mol. The maximum absolute atomic E-state index is 3.56. The Morgan fingerprint density at radius 2 is 1.75 bits per heavy atom. The molecule has 0 aliphatic carbocycles. The fourth-order valence-electron chi connectivity index (χ4n) is 1.95. The third kappa shape index (κ3) is 7.24. The Kier molecular flexibility index (Phi) is 8.96. The average Bonchev–Trinajstić information content (AvgIpc) is 2.23. The van der Waals surface area contributed by atoms with Crippen molar-refractivity contribution in [1.82, 2.24) is 10.2 Å². The van der Waals surface area contributed by atoms with Gasteiger partial charge in [0, 0.05) is 25.2 Å². The zero-order chi connectivity index (χ0) is 12.6. The quantitative estimate of drug-likeness (QED) is 0.652. The molecule has 0 amide bonds. The molecule has 0 spiro atoms. The molecule has 0 rings (SSSR count). The van der Waals surface area contributed by atoms with Gasteiger partial charge in [-0.1, -0.05) is 47.5 Å². The second-order valence-corrected chi connectivity index (χ2v) is 5.46. The molecule has 0 radical (unpaired) electrons. The van der Waals surface area contributed by atoms with Crippen LogP contribution < -0.4 is 5.32 Å².